The third-order valence-electron chi connectivity index (χ3n) is 1.60. The minimum Gasteiger partial charge on any atom is -0.345 e. The van der Waals surface area contributed by atoms with E-state index in [2.05, 4.69) is 5.32 Å². The van der Waals surface area contributed by atoms with Crippen molar-refractivity contribution < 1.29 is 22.8 Å². The van der Waals surface area contributed by atoms with Crippen molar-refractivity contribution in [3.8, 4) is 0 Å². The molecular weight excluding hydrogens is 251 g/mol. The smallest absolute Gasteiger partial charge is 0.345 e. The molecule has 0 aromatic rings. The van der Waals surface area contributed by atoms with Crippen LogP contribution in [0.4, 0.5) is 18.0 Å². The summed E-state index contributed by atoms with van der Waals surface area (Å²) in [5.41, 5.74) is -1.40. The van der Waals surface area contributed by atoms with Gasteiger partial charge in [0.25, 0.3) is 0 Å². The maximum Gasteiger partial charge on any atom is 0.431 e. The molecule has 8 heteroatoms. The van der Waals surface area contributed by atoms with Gasteiger partial charge in [0.1, 0.15) is 5.70 Å². The van der Waals surface area contributed by atoms with Gasteiger partial charge in [-0.2, -0.15) is 13.2 Å². The van der Waals surface area contributed by atoms with Crippen LogP contribution < -0.4 is 10.6 Å². The van der Waals surface area contributed by atoms with E-state index in [9.17, 15) is 22.8 Å². The van der Waals surface area contributed by atoms with Gasteiger partial charge >= 0.3 is 12.2 Å². The molecule has 0 rings (SSSR count). The first-order valence-electron chi connectivity index (χ1n) is 4.73. The van der Waals surface area contributed by atoms with E-state index in [0.717, 1.165) is 4.90 Å². The van der Waals surface area contributed by atoms with E-state index in [0.29, 0.717) is 6.08 Å². The Morgan fingerprint density at radius 2 is 1.78 bits per heavy atom. The van der Waals surface area contributed by atoms with Crippen molar-refractivity contribution in [2.75, 3.05) is 20.6 Å². The van der Waals surface area contributed by atoms with E-state index < -0.39 is 23.8 Å². The number of carbonyl (C=O) groups is 2. The first-order chi connectivity index (χ1) is 7.68. The van der Waals surface area contributed by atoms with E-state index >= 15 is 0 Å². The van der Waals surface area contributed by atoms with Crippen LogP contribution in [0.1, 0.15) is 14.4 Å². The number of urea groups is 1. The number of carbonyl (C=O) groups excluding carboxylic acids is 2. The van der Waals surface area contributed by atoms with E-state index in [-0.39, 0.29) is 14.0 Å². The number of amides is 3. The summed E-state index contributed by atoms with van der Waals surface area (Å²) in [6.07, 6.45) is -4.47. The second kappa shape index (κ2) is 7.57. The molecule has 5 nitrogen and oxygen atoms in total. The van der Waals surface area contributed by atoms with Crippen LogP contribution in [0, 0.1) is 0 Å². The van der Waals surface area contributed by atoms with Gasteiger partial charge in [-0.25, -0.2) is 4.79 Å². The Morgan fingerprint density at radius 3 is 2.11 bits per heavy atom. The largest absolute Gasteiger partial charge is 0.431 e. The molecule has 0 aliphatic rings. The van der Waals surface area contributed by atoms with E-state index in [1.54, 1.807) is 12.2 Å². The fourth-order valence-corrected chi connectivity index (χ4v) is 0.768. The van der Waals surface area contributed by atoms with Gasteiger partial charge in [0.2, 0.25) is 5.91 Å². The third-order valence-corrected chi connectivity index (χ3v) is 1.60. The lowest BCUT2D eigenvalue weighted by molar-refractivity contribution is -0.125. The van der Waals surface area contributed by atoms with Crippen molar-refractivity contribution in [3.63, 3.8) is 0 Å². The first kappa shape index (κ1) is 18.6. The average molecular weight is 269 g/mol. The minimum absolute atomic E-state index is 0. The molecular formula is C10H18F3N3O2. The van der Waals surface area contributed by atoms with Gasteiger partial charge in [-0.05, 0) is 6.92 Å². The van der Waals surface area contributed by atoms with Crippen molar-refractivity contribution >= 4 is 11.9 Å². The van der Waals surface area contributed by atoms with Gasteiger partial charge in [0.15, 0.2) is 0 Å². The highest BCUT2D eigenvalue weighted by molar-refractivity contribution is 5.89. The molecule has 0 fully saturated rings. The Labute approximate surface area is 104 Å². The molecule has 0 spiro atoms. The maximum atomic E-state index is 12.5. The summed E-state index contributed by atoms with van der Waals surface area (Å²) in [7, 11) is 2.61. The summed E-state index contributed by atoms with van der Waals surface area (Å²) in [5, 5.41) is 3.72. The number of rotatable bonds is 3. The summed E-state index contributed by atoms with van der Waals surface area (Å²) < 4.78 is 37.4. The Hall–Kier alpha value is -1.73. The molecule has 0 aliphatic heterocycles. The maximum absolute atomic E-state index is 12.5. The number of allylic oxidation sites excluding steroid dienone is 1. The highest BCUT2D eigenvalue weighted by Crippen LogP contribution is 2.23. The van der Waals surface area contributed by atoms with Crippen LogP contribution in [0.25, 0.3) is 0 Å². The zero-order valence-electron chi connectivity index (χ0n) is 9.68. The topological polar surface area (TPSA) is 61.4 Å². The molecule has 0 bridgehead atoms. The molecule has 0 radical (unpaired) electrons. The predicted molar refractivity (Wildman–Crippen MR) is 61.8 cm³/mol. The molecule has 3 amide bonds. The second-order valence-electron chi connectivity index (χ2n) is 3.27. The highest BCUT2D eigenvalue weighted by atomic mass is 19.4. The van der Waals surface area contributed by atoms with Crippen molar-refractivity contribution in [2.45, 2.75) is 20.5 Å². The van der Waals surface area contributed by atoms with Crippen LogP contribution in [0.2, 0.25) is 0 Å². The van der Waals surface area contributed by atoms with E-state index in [1.165, 1.54) is 14.1 Å². The molecule has 0 saturated carbocycles. The monoisotopic (exact) mass is 269 g/mol. The summed E-state index contributed by atoms with van der Waals surface area (Å²) >= 11 is 0. The van der Waals surface area contributed by atoms with Crippen molar-refractivity contribution in [1.82, 2.24) is 15.5 Å². The van der Waals surface area contributed by atoms with Gasteiger partial charge < -0.3 is 15.5 Å². The molecule has 0 unspecified atom stereocenters. The van der Waals surface area contributed by atoms with Crippen molar-refractivity contribution in [2.24, 2.45) is 0 Å². The van der Waals surface area contributed by atoms with Crippen LogP contribution in [0.15, 0.2) is 11.8 Å². The van der Waals surface area contributed by atoms with E-state index in [1.807, 2.05) is 0 Å². The van der Waals surface area contributed by atoms with Crippen LogP contribution >= 0.6 is 0 Å². The normalized spacial score (nSPS) is 11.3. The summed E-state index contributed by atoms with van der Waals surface area (Å²) in [6.45, 7) is 1.74. The molecule has 0 aliphatic carbocycles. The highest BCUT2D eigenvalue weighted by Gasteiger charge is 2.35. The third kappa shape index (κ3) is 6.77. The van der Waals surface area contributed by atoms with Crippen LogP contribution in [0.5, 0.6) is 0 Å². The summed E-state index contributed by atoms with van der Waals surface area (Å²) in [4.78, 5) is 23.0. The minimum atomic E-state index is -4.79. The summed E-state index contributed by atoms with van der Waals surface area (Å²) in [5.74, 6) is -0.867. The molecule has 0 saturated heterocycles. The molecule has 0 aromatic carbocycles. The van der Waals surface area contributed by atoms with Crippen molar-refractivity contribution in [1.29, 1.82) is 0 Å². The lowest BCUT2D eigenvalue weighted by Crippen LogP contribution is -2.39. The van der Waals surface area contributed by atoms with Gasteiger partial charge in [0, 0.05) is 26.7 Å². The average Bonchev–Trinajstić information content (AvgIpc) is 2.15. The Balaban J connectivity index is 0. The zero-order valence-corrected chi connectivity index (χ0v) is 9.68. The zero-order chi connectivity index (χ0) is 13.6. The standard InChI is InChI=1S/C9H14F3N3O2.CH4/c1-4-13-8(17)14-6(9(10,11)12)5-7(16)15(2)3;/h5H,4H2,1-3H3,(H2,13,14,17);1H4/b6-5-;. The van der Waals surface area contributed by atoms with Gasteiger partial charge in [-0.15, -0.1) is 0 Å². The van der Waals surface area contributed by atoms with Gasteiger partial charge in [0.05, 0.1) is 0 Å². The molecule has 0 heterocycles. The first-order valence-corrected chi connectivity index (χ1v) is 4.73. The predicted octanol–water partition coefficient (Wildman–Crippen LogP) is 1.48. The number of hydrogen-bond donors (Lipinski definition) is 2. The van der Waals surface area contributed by atoms with E-state index in [4.69, 9.17) is 0 Å². The number of likely N-dealkylation sites (N-methyl/N-ethyl adjacent to an activating group) is 1. The van der Waals surface area contributed by atoms with Gasteiger partial charge in [-0.1, -0.05) is 7.43 Å². The Kier molecular flexibility index (Phi) is 7.83. The number of nitrogens with one attached hydrogen (secondary N) is 2. The molecule has 2 N–H and O–H groups in total. The fraction of sp³-hybridized carbons (Fsp3) is 0.600. The fourth-order valence-electron chi connectivity index (χ4n) is 0.768. The van der Waals surface area contributed by atoms with Crippen LogP contribution in [-0.2, 0) is 4.79 Å². The molecule has 18 heavy (non-hydrogen) atoms. The number of alkyl halides is 3. The van der Waals surface area contributed by atoms with Crippen LogP contribution in [0.3, 0.4) is 0 Å². The Bertz CT molecular complexity index is 325. The second-order valence-corrected chi connectivity index (χ2v) is 3.27. The molecule has 0 atom stereocenters. The molecule has 106 valence electrons. The van der Waals surface area contributed by atoms with Crippen LogP contribution in [-0.4, -0.2) is 43.7 Å². The van der Waals surface area contributed by atoms with Crippen molar-refractivity contribution in [3.05, 3.63) is 11.8 Å². The quantitative estimate of drug-likeness (QED) is 0.762. The van der Waals surface area contributed by atoms with Gasteiger partial charge in [-0.3, -0.25) is 4.79 Å². The summed E-state index contributed by atoms with van der Waals surface area (Å²) in [6, 6.07) is -1.01. The molecule has 0 aromatic heterocycles. The SMILES string of the molecule is C.CCNC(=O)N/C(=C\C(=O)N(C)C)C(F)(F)F. The lowest BCUT2D eigenvalue weighted by Gasteiger charge is -2.14. The number of halogens is 3. The Morgan fingerprint density at radius 1 is 1.28 bits per heavy atom. The number of nitrogens with zero attached hydrogens (tertiary/aromatic N) is 1. The number of hydrogen-bond acceptors (Lipinski definition) is 2. The lowest BCUT2D eigenvalue weighted by atomic mass is 10.3.